The predicted octanol–water partition coefficient (Wildman–Crippen LogP) is 0.586. The zero-order valence-corrected chi connectivity index (χ0v) is 13.5. The number of aliphatic hydroxyl groups excluding tert-OH is 1. The summed E-state index contributed by atoms with van der Waals surface area (Å²) in [4.78, 5) is 15.9. The number of hydrogen-bond acceptors (Lipinski definition) is 3. The molecular formula is C15H30N4O2. The SMILES string of the molecule is CCC(CC)[C@H](NC(C)=O)[C@@H]1[C@H](O)[C@@H](C)C[C@H]1N=C(N)N. The number of nitrogens with two attached hydrogens (primary N) is 2. The molecule has 6 N–H and O–H groups in total. The minimum atomic E-state index is -0.504. The fraction of sp³-hybridized carbons (Fsp3) is 0.867. The summed E-state index contributed by atoms with van der Waals surface area (Å²) in [6.45, 7) is 7.71. The average molecular weight is 298 g/mol. The minimum absolute atomic E-state index is 0.0393. The monoisotopic (exact) mass is 298 g/mol. The summed E-state index contributed by atoms with van der Waals surface area (Å²) in [5.74, 6) is 0.236. The summed E-state index contributed by atoms with van der Waals surface area (Å²) >= 11 is 0. The maximum absolute atomic E-state index is 11.6. The van der Waals surface area contributed by atoms with Crippen molar-refractivity contribution in [2.24, 2.45) is 34.2 Å². The Balaban J connectivity index is 3.10. The number of aliphatic hydroxyl groups is 1. The van der Waals surface area contributed by atoms with Gasteiger partial charge in [-0.1, -0.05) is 33.6 Å². The highest BCUT2D eigenvalue weighted by molar-refractivity contribution is 5.76. The van der Waals surface area contributed by atoms with Gasteiger partial charge >= 0.3 is 0 Å². The number of nitrogens with zero attached hydrogens (tertiary/aromatic N) is 1. The van der Waals surface area contributed by atoms with E-state index >= 15 is 0 Å². The highest BCUT2D eigenvalue weighted by Crippen LogP contribution is 2.39. The molecule has 0 aromatic rings. The molecule has 1 saturated carbocycles. The zero-order chi connectivity index (χ0) is 16.2. The van der Waals surface area contributed by atoms with Crippen molar-refractivity contribution in [3.05, 3.63) is 0 Å². The van der Waals surface area contributed by atoms with E-state index in [0.29, 0.717) is 5.92 Å². The Hall–Kier alpha value is -1.30. The molecule has 0 aromatic carbocycles. The van der Waals surface area contributed by atoms with E-state index < -0.39 is 6.10 Å². The molecule has 0 aliphatic heterocycles. The smallest absolute Gasteiger partial charge is 0.217 e. The van der Waals surface area contributed by atoms with Crippen LogP contribution < -0.4 is 16.8 Å². The Morgan fingerprint density at radius 2 is 1.95 bits per heavy atom. The number of rotatable bonds is 6. The third-order valence-corrected chi connectivity index (χ3v) is 4.69. The number of amides is 1. The van der Waals surface area contributed by atoms with Crippen LogP contribution in [-0.4, -0.2) is 35.2 Å². The molecule has 0 saturated heterocycles. The van der Waals surface area contributed by atoms with Gasteiger partial charge in [0.25, 0.3) is 0 Å². The average Bonchev–Trinajstić information content (AvgIpc) is 2.63. The van der Waals surface area contributed by atoms with Crippen molar-refractivity contribution in [2.75, 3.05) is 0 Å². The number of nitrogens with one attached hydrogen (secondary N) is 1. The maximum Gasteiger partial charge on any atom is 0.217 e. The summed E-state index contributed by atoms with van der Waals surface area (Å²) in [6, 6.07) is -0.247. The highest BCUT2D eigenvalue weighted by atomic mass is 16.3. The molecular weight excluding hydrogens is 268 g/mol. The normalized spacial score (nSPS) is 30.2. The summed E-state index contributed by atoms with van der Waals surface area (Å²) in [7, 11) is 0. The molecule has 1 aliphatic carbocycles. The van der Waals surface area contributed by atoms with Crippen molar-refractivity contribution in [1.29, 1.82) is 0 Å². The van der Waals surface area contributed by atoms with Gasteiger partial charge in [0.15, 0.2) is 5.96 Å². The molecule has 5 atom stereocenters. The number of hydrogen-bond donors (Lipinski definition) is 4. The van der Waals surface area contributed by atoms with Crippen LogP contribution >= 0.6 is 0 Å². The number of carbonyl (C=O) groups is 1. The van der Waals surface area contributed by atoms with E-state index in [1.807, 2.05) is 6.92 Å². The van der Waals surface area contributed by atoms with Crippen molar-refractivity contribution >= 4 is 11.9 Å². The van der Waals surface area contributed by atoms with E-state index in [1.54, 1.807) is 0 Å². The van der Waals surface area contributed by atoms with Crippen LogP contribution in [0.1, 0.15) is 47.0 Å². The fourth-order valence-corrected chi connectivity index (χ4v) is 3.63. The second-order valence-electron chi connectivity index (χ2n) is 6.21. The summed E-state index contributed by atoms with van der Waals surface area (Å²) in [6.07, 6.45) is 2.11. The van der Waals surface area contributed by atoms with Gasteiger partial charge in [-0.05, 0) is 18.3 Å². The van der Waals surface area contributed by atoms with E-state index in [2.05, 4.69) is 24.2 Å². The first-order chi connectivity index (χ1) is 9.81. The molecule has 0 unspecified atom stereocenters. The Morgan fingerprint density at radius 3 is 2.38 bits per heavy atom. The minimum Gasteiger partial charge on any atom is -0.392 e. The van der Waals surface area contributed by atoms with Crippen LogP contribution in [0.25, 0.3) is 0 Å². The van der Waals surface area contributed by atoms with Gasteiger partial charge in [0.05, 0.1) is 12.1 Å². The molecule has 0 heterocycles. The van der Waals surface area contributed by atoms with Crippen LogP contribution in [0.3, 0.4) is 0 Å². The van der Waals surface area contributed by atoms with Gasteiger partial charge in [-0.3, -0.25) is 4.79 Å². The largest absolute Gasteiger partial charge is 0.392 e. The van der Waals surface area contributed by atoms with Gasteiger partial charge in [0, 0.05) is 18.9 Å². The lowest BCUT2D eigenvalue weighted by Gasteiger charge is -2.35. The second-order valence-corrected chi connectivity index (χ2v) is 6.21. The van der Waals surface area contributed by atoms with Gasteiger partial charge in [-0.15, -0.1) is 0 Å². The van der Waals surface area contributed by atoms with Crippen LogP contribution in [0.2, 0.25) is 0 Å². The zero-order valence-electron chi connectivity index (χ0n) is 13.5. The lowest BCUT2D eigenvalue weighted by molar-refractivity contribution is -0.120. The van der Waals surface area contributed by atoms with Crippen molar-refractivity contribution in [2.45, 2.75) is 65.1 Å². The van der Waals surface area contributed by atoms with E-state index in [-0.39, 0.29) is 35.8 Å². The summed E-state index contributed by atoms with van der Waals surface area (Å²) in [5.41, 5.74) is 11.1. The predicted molar refractivity (Wildman–Crippen MR) is 84.6 cm³/mol. The third-order valence-electron chi connectivity index (χ3n) is 4.69. The first kappa shape index (κ1) is 17.8. The molecule has 1 amide bonds. The van der Waals surface area contributed by atoms with Crippen LogP contribution in [0, 0.1) is 17.8 Å². The first-order valence-corrected chi connectivity index (χ1v) is 7.85. The van der Waals surface area contributed by atoms with Crippen LogP contribution in [0.4, 0.5) is 0 Å². The molecule has 1 rings (SSSR count). The molecule has 122 valence electrons. The Labute approximate surface area is 127 Å². The molecule has 1 aliphatic rings. The number of aliphatic imine (C=N–C) groups is 1. The van der Waals surface area contributed by atoms with E-state index in [4.69, 9.17) is 11.5 Å². The Bertz CT molecular complexity index is 378. The van der Waals surface area contributed by atoms with Crippen molar-refractivity contribution in [3.8, 4) is 0 Å². The second kappa shape index (κ2) is 7.64. The van der Waals surface area contributed by atoms with Gasteiger partial charge in [-0.2, -0.15) is 0 Å². The molecule has 21 heavy (non-hydrogen) atoms. The Morgan fingerprint density at radius 1 is 1.38 bits per heavy atom. The molecule has 0 bridgehead atoms. The van der Waals surface area contributed by atoms with E-state index in [0.717, 1.165) is 19.3 Å². The first-order valence-electron chi connectivity index (χ1n) is 7.85. The maximum atomic E-state index is 11.6. The van der Waals surface area contributed by atoms with Crippen LogP contribution in [-0.2, 0) is 4.79 Å². The molecule has 6 nitrogen and oxygen atoms in total. The summed E-state index contributed by atoms with van der Waals surface area (Å²) in [5, 5.41) is 13.6. The topological polar surface area (TPSA) is 114 Å². The standard InChI is InChI=1S/C15H30N4O2/c1-5-10(6-2)13(18-9(4)20)12-11(19-15(16)17)7-8(3)14(12)21/h8,10-14,21H,5-7H2,1-4H3,(H,18,20)(H4,16,17,19)/t8-,11+,12+,13-,14+/m0/s1. The number of guanidine groups is 1. The Kier molecular flexibility index (Phi) is 6.45. The molecule has 0 aromatic heterocycles. The third kappa shape index (κ3) is 4.33. The molecule has 6 heteroatoms. The fourth-order valence-electron chi connectivity index (χ4n) is 3.63. The van der Waals surface area contributed by atoms with Crippen molar-refractivity contribution in [1.82, 2.24) is 5.32 Å². The van der Waals surface area contributed by atoms with Gasteiger partial charge in [-0.25, -0.2) is 4.99 Å². The van der Waals surface area contributed by atoms with E-state index in [1.165, 1.54) is 6.92 Å². The highest BCUT2D eigenvalue weighted by Gasteiger charge is 2.46. The quantitative estimate of drug-likeness (QED) is 0.424. The van der Waals surface area contributed by atoms with Gasteiger partial charge < -0.3 is 21.9 Å². The molecule has 1 fully saturated rings. The number of carbonyl (C=O) groups excluding carboxylic acids is 1. The van der Waals surface area contributed by atoms with Crippen molar-refractivity contribution in [3.63, 3.8) is 0 Å². The van der Waals surface area contributed by atoms with Gasteiger partial charge in [0.2, 0.25) is 5.91 Å². The van der Waals surface area contributed by atoms with Crippen LogP contribution in [0.5, 0.6) is 0 Å². The van der Waals surface area contributed by atoms with Gasteiger partial charge in [0.1, 0.15) is 0 Å². The lowest BCUT2D eigenvalue weighted by atomic mass is 9.80. The summed E-state index contributed by atoms with van der Waals surface area (Å²) < 4.78 is 0. The van der Waals surface area contributed by atoms with E-state index in [9.17, 15) is 9.90 Å². The molecule has 0 radical (unpaired) electrons. The lowest BCUT2D eigenvalue weighted by Crippen LogP contribution is -2.50. The van der Waals surface area contributed by atoms with Crippen LogP contribution in [0.15, 0.2) is 4.99 Å². The molecule has 0 spiro atoms. The van der Waals surface area contributed by atoms with Crippen molar-refractivity contribution < 1.29 is 9.90 Å².